The highest BCUT2D eigenvalue weighted by Crippen LogP contribution is 2.22. The maximum Gasteiger partial charge on any atom is 0.272 e. The van der Waals surface area contributed by atoms with Crippen LogP contribution in [0.3, 0.4) is 0 Å². The quantitative estimate of drug-likeness (QED) is 0.629. The summed E-state index contributed by atoms with van der Waals surface area (Å²) in [7, 11) is 1.85. The summed E-state index contributed by atoms with van der Waals surface area (Å²) < 4.78 is 1.71. The predicted octanol–water partition coefficient (Wildman–Crippen LogP) is 4.18. The molecule has 5 nitrogen and oxygen atoms in total. The van der Waals surface area contributed by atoms with Gasteiger partial charge in [-0.05, 0) is 42.7 Å². The van der Waals surface area contributed by atoms with Gasteiger partial charge in [0.15, 0.2) is 0 Å². The molecule has 160 valence electrons. The molecule has 1 aromatic heterocycles. The number of carbonyl (C=O) groups is 1. The Morgan fingerprint density at radius 1 is 0.968 bits per heavy atom. The molecule has 0 unspecified atom stereocenters. The Bertz CT molecular complexity index is 1080. The third-order valence-corrected chi connectivity index (χ3v) is 6.03. The van der Waals surface area contributed by atoms with Crippen LogP contribution in [0.5, 0.6) is 0 Å². The lowest BCUT2D eigenvalue weighted by molar-refractivity contribution is 0.0639. The minimum atomic E-state index is 0.0598. The fourth-order valence-corrected chi connectivity index (χ4v) is 3.91. The smallest absolute Gasteiger partial charge is 0.272 e. The summed E-state index contributed by atoms with van der Waals surface area (Å²) in [6.45, 7) is 8.34. The molecule has 2 heterocycles. The Balaban J connectivity index is 1.36. The van der Waals surface area contributed by atoms with E-state index in [1.54, 1.807) is 4.68 Å². The molecular formula is C26H30N4O. The molecule has 0 bridgehead atoms. The first-order valence-corrected chi connectivity index (χ1v) is 10.9. The normalized spacial score (nSPS) is 15.0. The molecule has 0 N–H and O–H groups in total. The highest BCUT2D eigenvalue weighted by atomic mass is 16.2. The topological polar surface area (TPSA) is 41.4 Å². The second kappa shape index (κ2) is 9.31. The number of aromatic nitrogens is 2. The van der Waals surface area contributed by atoms with Crippen molar-refractivity contribution in [2.24, 2.45) is 7.05 Å². The van der Waals surface area contributed by atoms with Crippen molar-refractivity contribution in [1.29, 1.82) is 0 Å². The zero-order valence-electron chi connectivity index (χ0n) is 18.6. The molecule has 1 aliphatic rings. The van der Waals surface area contributed by atoms with Gasteiger partial charge in [0.1, 0.15) is 5.69 Å². The van der Waals surface area contributed by atoms with Gasteiger partial charge in [0.05, 0.1) is 5.69 Å². The van der Waals surface area contributed by atoms with Crippen LogP contribution in [0.15, 0.2) is 60.7 Å². The Hall–Kier alpha value is -3.18. The van der Waals surface area contributed by atoms with Crippen molar-refractivity contribution in [2.45, 2.75) is 13.8 Å². The predicted molar refractivity (Wildman–Crippen MR) is 126 cm³/mol. The molecule has 1 aliphatic heterocycles. The number of hydrogen-bond donors (Lipinski definition) is 0. The van der Waals surface area contributed by atoms with Gasteiger partial charge in [-0.25, -0.2) is 0 Å². The molecule has 2 aromatic carbocycles. The molecule has 0 saturated carbocycles. The number of hydrogen-bond acceptors (Lipinski definition) is 3. The van der Waals surface area contributed by atoms with Crippen LogP contribution in [0.2, 0.25) is 0 Å². The molecule has 1 saturated heterocycles. The average molecular weight is 415 g/mol. The van der Waals surface area contributed by atoms with Crippen LogP contribution in [0.4, 0.5) is 0 Å². The lowest BCUT2D eigenvalue weighted by Crippen LogP contribution is -2.48. The number of piperazine rings is 1. The molecule has 0 radical (unpaired) electrons. The van der Waals surface area contributed by atoms with Crippen molar-refractivity contribution >= 4 is 12.0 Å². The summed E-state index contributed by atoms with van der Waals surface area (Å²) in [5.74, 6) is 0.0598. The van der Waals surface area contributed by atoms with Crippen molar-refractivity contribution in [2.75, 3.05) is 32.7 Å². The molecule has 31 heavy (non-hydrogen) atoms. The van der Waals surface area contributed by atoms with Crippen LogP contribution in [-0.4, -0.2) is 58.2 Å². The zero-order valence-corrected chi connectivity index (χ0v) is 18.6. The maximum atomic E-state index is 13.1. The number of amides is 1. The van der Waals surface area contributed by atoms with Gasteiger partial charge in [-0.1, -0.05) is 54.6 Å². The molecule has 0 spiro atoms. The van der Waals surface area contributed by atoms with Crippen molar-refractivity contribution < 1.29 is 4.79 Å². The number of benzene rings is 2. The molecular weight excluding hydrogens is 384 g/mol. The van der Waals surface area contributed by atoms with E-state index in [9.17, 15) is 4.79 Å². The standard InChI is InChI=1S/C26H30N4O/c1-20-11-12-23(18-21(20)2)24-19-25(28(3)27-24)26(31)30-16-14-29(15-17-30)13-7-10-22-8-5-4-6-9-22/h4-12,18-19H,13-17H2,1-3H3/b10-7+. The van der Waals surface area contributed by atoms with Crippen molar-refractivity contribution in [3.8, 4) is 11.3 Å². The molecule has 1 fully saturated rings. The van der Waals surface area contributed by atoms with E-state index < -0.39 is 0 Å². The lowest BCUT2D eigenvalue weighted by atomic mass is 10.0. The van der Waals surface area contributed by atoms with Crippen molar-refractivity contribution in [3.05, 3.63) is 83.1 Å². The molecule has 0 aliphatic carbocycles. The van der Waals surface area contributed by atoms with E-state index in [-0.39, 0.29) is 5.91 Å². The number of nitrogens with zero attached hydrogens (tertiary/aromatic N) is 4. The number of aryl methyl sites for hydroxylation is 3. The van der Waals surface area contributed by atoms with E-state index >= 15 is 0 Å². The molecule has 5 heteroatoms. The van der Waals surface area contributed by atoms with E-state index in [0.717, 1.165) is 44.0 Å². The third-order valence-electron chi connectivity index (χ3n) is 6.03. The Labute approximate surface area is 184 Å². The Morgan fingerprint density at radius 2 is 1.71 bits per heavy atom. The number of rotatable bonds is 5. The Morgan fingerprint density at radius 3 is 2.42 bits per heavy atom. The van der Waals surface area contributed by atoms with Gasteiger partial charge >= 0.3 is 0 Å². The van der Waals surface area contributed by atoms with E-state index in [0.29, 0.717) is 5.69 Å². The first-order chi connectivity index (χ1) is 15.0. The zero-order chi connectivity index (χ0) is 21.8. The van der Waals surface area contributed by atoms with Crippen LogP contribution < -0.4 is 0 Å². The SMILES string of the molecule is Cc1ccc(-c2cc(C(=O)N3CCN(C/C=C/c4ccccc4)CC3)n(C)n2)cc1C. The molecule has 4 rings (SSSR count). The lowest BCUT2D eigenvalue weighted by Gasteiger charge is -2.34. The molecule has 0 atom stereocenters. The van der Waals surface area contributed by atoms with Crippen LogP contribution in [0.1, 0.15) is 27.2 Å². The summed E-state index contributed by atoms with van der Waals surface area (Å²) in [5.41, 5.74) is 6.24. The van der Waals surface area contributed by atoms with Gasteiger partial charge in [0.2, 0.25) is 0 Å². The first kappa shape index (κ1) is 21.1. The Kier molecular flexibility index (Phi) is 6.33. The summed E-state index contributed by atoms with van der Waals surface area (Å²) >= 11 is 0. The van der Waals surface area contributed by atoms with Crippen LogP contribution in [0, 0.1) is 13.8 Å². The van der Waals surface area contributed by atoms with Crippen LogP contribution >= 0.6 is 0 Å². The van der Waals surface area contributed by atoms with Gasteiger partial charge in [0.25, 0.3) is 5.91 Å². The van der Waals surface area contributed by atoms with Gasteiger partial charge < -0.3 is 4.90 Å². The fraction of sp³-hybridized carbons (Fsp3) is 0.308. The minimum absolute atomic E-state index is 0.0598. The largest absolute Gasteiger partial charge is 0.335 e. The third kappa shape index (κ3) is 4.94. The minimum Gasteiger partial charge on any atom is -0.335 e. The van der Waals surface area contributed by atoms with Gasteiger partial charge in [-0.15, -0.1) is 0 Å². The fourth-order valence-electron chi connectivity index (χ4n) is 3.91. The number of carbonyl (C=O) groups excluding carboxylic acids is 1. The summed E-state index contributed by atoms with van der Waals surface area (Å²) in [4.78, 5) is 17.4. The van der Waals surface area contributed by atoms with Gasteiger partial charge in [-0.2, -0.15) is 5.10 Å². The van der Waals surface area contributed by atoms with Crippen molar-refractivity contribution in [3.63, 3.8) is 0 Å². The summed E-state index contributed by atoms with van der Waals surface area (Å²) in [6, 6.07) is 18.6. The highest BCUT2D eigenvalue weighted by molar-refractivity contribution is 5.93. The van der Waals surface area contributed by atoms with Crippen molar-refractivity contribution in [1.82, 2.24) is 19.6 Å². The van der Waals surface area contributed by atoms with E-state index in [4.69, 9.17) is 0 Å². The highest BCUT2D eigenvalue weighted by Gasteiger charge is 2.24. The van der Waals surface area contributed by atoms with Gasteiger partial charge in [0, 0.05) is 45.3 Å². The monoisotopic (exact) mass is 414 g/mol. The second-order valence-corrected chi connectivity index (χ2v) is 8.24. The molecule has 1 amide bonds. The summed E-state index contributed by atoms with van der Waals surface area (Å²) in [5, 5.41) is 4.60. The van der Waals surface area contributed by atoms with E-state index in [1.807, 2.05) is 36.2 Å². The van der Waals surface area contributed by atoms with Crippen LogP contribution in [-0.2, 0) is 7.05 Å². The van der Waals surface area contributed by atoms with E-state index in [1.165, 1.54) is 16.7 Å². The second-order valence-electron chi connectivity index (χ2n) is 8.24. The average Bonchev–Trinajstić information content (AvgIpc) is 3.18. The van der Waals surface area contributed by atoms with Crippen LogP contribution in [0.25, 0.3) is 17.3 Å². The molecule has 3 aromatic rings. The van der Waals surface area contributed by atoms with Gasteiger partial charge in [-0.3, -0.25) is 14.4 Å². The van der Waals surface area contributed by atoms with E-state index in [2.05, 4.69) is 66.3 Å². The summed E-state index contributed by atoms with van der Waals surface area (Å²) in [6.07, 6.45) is 4.35. The first-order valence-electron chi connectivity index (χ1n) is 10.9. The maximum absolute atomic E-state index is 13.1.